The summed E-state index contributed by atoms with van der Waals surface area (Å²) < 4.78 is 5.69. The second-order valence-corrected chi connectivity index (χ2v) is 5.19. The average molecular weight is 284 g/mol. The molecule has 0 bridgehead atoms. The Labute approximate surface area is 127 Å². The van der Waals surface area contributed by atoms with Crippen molar-refractivity contribution in [2.45, 2.75) is 26.7 Å². The molecule has 3 nitrogen and oxygen atoms in total. The zero-order valence-corrected chi connectivity index (χ0v) is 13.1. The summed E-state index contributed by atoms with van der Waals surface area (Å²) in [5, 5.41) is 0. The number of benzene rings is 2. The zero-order chi connectivity index (χ0) is 15.2. The molecule has 0 fully saturated rings. The highest BCUT2D eigenvalue weighted by Crippen LogP contribution is 2.30. The van der Waals surface area contributed by atoms with E-state index < -0.39 is 0 Å². The van der Waals surface area contributed by atoms with Gasteiger partial charge in [-0.1, -0.05) is 26.0 Å². The predicted molar refractivity (Wildman–Crippen MR) is 90.5 cm³/mol. The van der Waals surface area contributed by atoms with Crippen LogP contribution in [0.5, 0.6) is 5.75 Å². The van der Waals surface area contributed by atoms with E-state index in [1.807, 2.05) is 25.2 Å². The minimum absolute atomic E-state index is 0.706. The van der Waals surface area contributed by atoms with Gasteiger partial charge in [-0.15, -0.1) is 0 Å². The van der Waals surface area contributed by atoms with Crippen LogP contribution in [-0.2, 0) is 6.42 Å². The number of nitrogen functional groups attached to an aromatic ring is 1. The highest BCUT2D eigenvalue weighted by atomic mass is 16.5. The maximum absolute atomic E-state index is 5.99. The van der Waals surface area contributed by atoms with Crippen molar-refractivity contribution in [3.05, 3.63) is 48.0 Å². The van der Waals surface area contributed by atoms with Gasteiger partial charge in [0.05, 0.1) is 6.61 Å². The first-order valence-corrected chi connectivity index (χ1v) is 7.50. The molecule has 0 unspecified atom stereocenters. The van der Waals surface area contributed by atoms with E-state index in [0.29, 0.717) is 6.61 Å². The molecule has 2 rings (SSSR count). The molecule has 0 aliphatic heterocycles. The molecule has 0 aromatic heterocycles. The first kappa shape index (κ1) is 15.2. The Morgan fingerprint density at radius 2 is 1.71 bits per heavy atom. The largest absolute Gasteiger partial charge is 0.493 e. The van der Waals surface area contributed by atoms with Gasteiger partial charge in [-0.25, -0.2) is 0 Å². The number of rotatable bonds is 6. The van der Waals surface area contributed by atoms with Gasteiger partial charge in [0.2, 0.25) is 0 Å². The van der Waals surface area contributed by atoms with Crippen molar-refractivity contribution >= 4 is 17.1 Å². The fraction of sp³-hybridized carbons (Fsp3) is 0.333. The van der Waals surface area contributed by atoms with Gasteiger partial charge in [0.15, 0.2) is 0 Å². The van der Waals surface area contributed by atoms with E-state index in [2.05, 4.69) is 43.0 Å². The summed E-state index contributed by atoms with van der Waals surface area (Å²) in [5.74, 6) is 0.823. The fourth-order valence-electron chi connectivity index (χ4n) is 2.21. The number of ether oxygens (including phenoxy) is 1. The molecule has 0 aliphatic carbocycles. The Morgan fingerprint density at radius 3 is 2.33 bits per heavy atom. The van der Waals surface area contributed by atoms with Crippen molar-refractivity contribution in [3.8, 4) is 5.75 Å². The first-order chi connectivity index (χ1) is 10.1. The number of nitrogens with two attached hydrogens (primary N) is 1. The van der Waals surface area contributed by atoms with Crippen LogP contribution >= 0.6 is 0 Å². The van der Waals surface area contributed by atoms with Gasteiger partial charge in [0, 0.05) is 36.2 Å². The van der Waals surface area contributed by atoms with Crippen molar-refractivity contribution in [1.82, 2.24) is 0 Å². The van der Waals surface area contributed by atoms with E-state index in [9.17, 15) is 0 Å². The van der Waals surface area contributed by atoms with Crippen molar-refractivity contribution in [1.29, 1.82) is 0 Å². The molecule has 2 aromatic rings. The molecule has 0 amide bonds. The quantitative estimate of drug-likeness (QED) is 0.800. The molecular formula is C18H24N2O. The number of anilines is 3. The number of hydrogen-bond acceptors (Lipinski definition) is 3. The Kier molecular flexibility index (Phi) is 5.09. The zero-order valence-electron chi connectivity index (χ0n) is 13.1. The average Bonchev–Trinajstić information content (AvgIpc) is 2.51. The Morgan fingerprint density at radius 1 is 1.00 bits per heavy atom. The number of aryl methyl sites for hydroxylation is 1. The molecule has 112 valence electrons. The van der Waals surface area contributed by atoms with Gasteiger partial charge in [-0.05, 0) is 36.6 Å². The SMILES string of the molecule is CCCOc1cc(N)cc(N(C)c2ccc(CC)cc2)c1. The third-order valence-electron chi connectivity index (χ3n) is 3.51. The van der Waals surface area contributed by atoms with Gasteiger partial charge in [-0.3, -0.25) is 0 Å². The highest BCUT2D eigenvalue weighted by Gasteiger charge is 2.07. The molecule has 0 saturated heterocycles. The van der Waals surface area contributed by atoms with Gasteiger partial charge >= 0.3 is 0 Å². The van der Waals surface area contributed by atoms with Gasteiger partial charge < -0.3 is 15.4 Å². The monoisotopic (exact) mass is 284 g/mol. The fourth-order valence-corrected chi connectivity index (χ4v) is 2.21. The molecule has 0 atom stereocenters. The van der Waals surface area contributed by atoms with E-state index in [1.165, 1.54) is 5.56 Å². The summed E-state index contributed by atoms with van der Waals surface area (Å²) in [6.45, 7) is 4.96. The van der Waals surface area contributed by atoms with E-state index in [0.717, 1.165) is 35.7 Å². The van der Waals surface area contributed by atoms with Crippen LogP contribution in [0, 0.1) is 0 Å². The molecule has 3 heteroatoms. The summed E-state index contributed by atoms with van der Waals surface area (Å²) in [6, 6.07) is 14.4. The second-order valence-electron chi connectivity index (χ2n) is 5.19. The van der Waals surface area contributed by atoms with Crippen molar-refractivity contribution in [2.24, 2.45) is 0 Å². The van der Waals surface area contributed by atoms with Crippen LogP contribution in [0.15, 0.2) is 42.5 Å². The minimum Gasteiger partial charge on any atom is -0.493 e. The molecule has 2 N–H and O–H groups in total. The topological polar surface area (TPSA) is 38.5 Å². The van der Waals surface area contributed by atoms with Crippen LogP contribution in [-0.4, -0.2) is 13.7 Å². The maximum Gasteiger partial charge on any atom is 0.123 e. The van der Waals surface area contributed by atoms with Gasteiger partial charge in [-0.2, -0.15) is 0 Å². The summed E-state index contributed by atoms with van der Waals surface area (Å²) >= 11 is 0. The lowest BCUT2D eigenvalue weighted by Gasteiger charge is -2.21. The first-order valence-electron chi connectivity index (χ1n) is 7.50. The lowest BCUT2D eigenvalue weighted by molar-refractivity contribution is 0.317. The van der Waals surface area contributed by atoms with Gasteiger partial charge in [0.25, 0.3) is 0 Å². The number of nitrogens with zero attached hydrogens (tertiary/aromatic N) is 1. The van der Waals surface area contributed by atoms with Crippen LogP contribution in [0.4, 0.5) is 17.1 Å². The third kappa shape index (κ3) is 3.91. The van der Waals surface area contributed by atoms with Gasteiger partial charge in [0.1, 0.15) is 5.75 Å². The Hall–Kier alpha value is -2.16. The Bertz CT molecular complexity index is 578. The lowest BCUT2D eigenvalue weighted by Crippen LogP contribution is -2.10. The van der Waals surface area contributed by atoms with Crippen LogP contribution < -0.4 is 15.4 Å². The summed E-state index contributed by atoms with van der Waals surface area (Å²) in [6.07, 6.45) is 2.04. The smallest absolute Gasteiger partial charge is 0.123 e. The van der Waals surface area contributed by atoms with E-state index in [-0.39, 0.29) is 0 Å². The number of hydrogen-bond donors (Lipinski definition) is 1. The molecule has 21 heavy (non-hydrogen) atoms. The molecule has 0 saturated carbocycles. The highest BCUT2D eigenvalue weighted by molar-refractivity contribution is 5.68. The molecule has 0 spiro atoms. The van der Waals surface area contributed by atoms with Crippen LogP contribution in [0.25, 0.3) is 0 Å². The van der Waals surface area contributed by atoms with Crippen molar-refractivity contribution in [3.63, 3.8) is 0 Å². The second kappa shape index (κ2) is 7.02. The summed E-state index contributed by atoms with van der Waals surface area (Å²) in [7, 11) is 2.04. The minimum atomic E-state index is 0.706. The van der Waals surface area contributed by atoms with E-state index in [1.54, 1.807) is 0 Å². The van der Waals surface area contributed by atoms with Crippen molar-refractivity contribution < 1.29 is 4.74 Å². The normalized spacial score (nSPS) is 10.4. The predicted octanol–water partition coefficient (Wildman–Crippen LogP) is 4.39. The van der Waals surface area contributed by atoms with Crippen LogP contribution in [0.1, 0.15) is 25.8 Å². The maximum atomic E-state index is 5.99. The lowest BCUT2D eigenvalue weighted by atomic mass is 10.1. The van der Waals surface area contributed by atoms with Crippen molar-refractivity contribution in [2.75, 3.05) is 24.3 Å². The molecule has 0 radical (unpaired) electrons. The standard InChI is InChI=1S/C18H24N2O/c1-4-10-21-18-12-15(19)11-17(13-18)20(3)16-8-6-14(5-2)7-9-16/h6-9,11-13H,4-5,10,19H2,1-3H3. The van der Waals surface area contributed by atoms with Crippen LogP contribution in [0.2, 0.25) is 0 Å². The molecule has 0 aliphatic rings. The van der Waals surface area contributed by atoms with Crippen LogP contribution in [0.3, 0.4) is 0 Å². The third-order valence-corrected chi connectivity index (χ3v) is 3.51. The van der Waals surface area contributed by atoms with E-state index in [4.69, 9.17) is 10.5 Å². The van der Waals surface area contributed by atoms with E-state index >= 15 is 0 Å². The molecule has 0 heterocycles. The summed E-state index contributed by atoms with van der Waals surface area (Å²) in [4.78, 5) is 2.12. The Balaban J connectivity index is 2.24. The molecule has 2 aromatic carbocycles. The summed E-state index contributed by atoms with van der Waals surface area (Å²) in [5.41, 5.74) is 10.2. The molecular weight excluding hydrogens is 260 g/mol.